The van der Waals surface area contributed by atoms with Gasteiger partial charge in [-0.15, -0.1) is 0 Å². The number of pyridine rings is 2. The molecule has 4 aromatic rings. The lowest BCUT2D eigenvalue weighted by molar-refractivity contribution is 0.240. The van der Waals surface area contributed by atoms with Gasteiger partial charge < -0.3 is 24.6 Å². The van der Waals surface area contributed by atoms with Crippen LogP contribution in [0.4, 0.5) is 16.2 Å². The number of hydrogen-bond acceptors (Lipinski definition) is 13. The second-order valence-electron chi connectivity index (χ2n) is 16.3. The molecule has 2 saturated heterocycles. The van der Waals surface area contributed by atoms with Crippen molar-refractivity contribution in [2.75, 3.05) is 58.8 Å². The predicted molar refractivity (Wildman–Crippen MR) is 249 cm³/mol. The summed E-state index contributed by atoms with van der Waals surface area (Å²) in [6.45, 7) is 9.22. The Labute approximate surface area is 377 Å². The molecule has 8 rings (SSSR count). The number of rotatable bonds is 11. The van der Waals surface area contributed by atoms with Gasteiger partial charge >= 0.3 is 6.03 Å². The van der Waals surface area contributed by atoms with Crippen molar-refractivity contribution >= 4 is 43.5 Å². The van der Waals surface area contributed by atoms with Gasteiger partial charge in [0, 0.05) is 35.7 Å². The number of fused-ring (bicyclic) bond motifs is 2. The topological polar surface area (TPSA) is 216 Å². The zero-order valence-corrected chi connectivity index (χ0v) is 38.8. The standard InChI is InChI=1S/C23H30N4O4S.C16H14N2O2.C7H16N2O2S/c1-3-27-13-10-18(11-14-27)32(29,30)26-23(28)25-22-19-6-4-5-16(19)7-8-20(22)17-9-12-24-21(15-17)31-2;1-20-15-9-12(7-8-17-15)14-6-5-11-3-2-4-13(11)16(14)18-10-19;1-2-9-5-3-7(4-6-9)12(8,10)11/h7-9,12,15,18H,3-6,10-11,13-14H2,1-2H3,(H2,25,26,28);5-9H,2-4H2,1H3;7H,2-6H2,1H3,(H2,8,10,11). The first-order valence-electron chi connectivity index (χ1n) is 22.0. The van der Waals surface area contributed by atoms with Crippen LogP contribution in [0.15, 0.2) is 65.9 Å². The van der Waals surface area contributed by atoms with Crippen LogP contribution < -0.4 is 24.7 Å². The molecule has 2 aromatic carbocycles. The third-order valence-electron chi connectivity index (χ3n) is 12.5. The Bertz CT molecular complexity index is 2530. The largest absolute Gasteiger partial charge is 0.481 e. The molecule has 4 heterocycles. The number of likely N-dealkylation sites (tertiary alicyclic amines) is 2. The van der Waals surface area contributed by atoms with E-state index >= 15 is 0 Å². The van der Waals surface area contributed by atoms with Crippen LogP contribution in [0.5, 0.6) is 11.8 Å². The molecule has 16 nitrogen and oxygen atoms in total. The molecule has 0 spiro atoms. The van der Waals surface area contributed by atoms with E-state index in [1.165, 1.54) is 16.7 Å². The van der Waals surface area contributed by atoms with Gasteiger partial charge in [-0.05, 0) is 149 Å². The minimum atomic E-state index is -3.76. The molecule has 0 saturated carbocycles. The number of sulfonamides is 2. The van der Waals surface area contributed by atoms with E-state index in [-0.39, 0.29) is 5.25 Å². The third kappa shape index (κ3) is 12.1. The first-order chi connectivity index (χ1) is 30.8. The number of benzene rings is 2. The van der Waals surface area contributed by atoms with Crippen molar-refractivity contribution in [3.8, 4) is 34.0 Å². The summed E-state index contributed by atoms with van der Waals surface area (Å²) in [6.07, 6.45) is 13.4. The van der Waals surface area contributed by atoms with E-state index in [0.717, 1.165) is 111 Å². The number of aryl methyl sites for hydroxylation is 2. The Morgan fingerprint density at radius 1 is 0.750 bits per heavy atom. The number of amides is 2. The maximum atomic E-state index is 12.8. The van der Waals surface area contributed by atoms with Gasteiger partial charge in [0.2, 0.25) is 37.9 Å². The average Bonchev–Trinajstić information content (AvgIpc) is 4.00. The summed E-state index contributed by atoms with van der Waals surface area (Å²) in [5.74, 6) is 1.02. The Morgan fingerprint density at radius 2 is 1.25 bits per heavy atom. The third-order valence-corrected chi connectivity index (χ3v) is 15.8. The van der Waals surface area contributed by atoms with Crippen molar-refractivity contribution in [3.63, 3.8) is 0 Å². The molecule has 0 atom stereocenters. The smallest absolute Gasteiger partial charge is 0.332 e. The van der Waals surface area contributed by atoms with Crippen molar-refractivity contribution in [2.24, 2.45) is 10.1 Å². The van der Waals surface area contributed by atoms with Crippen molar-refractivity contribution in [1.29, 1.82) is 0 Å². The number of aliphatic imine (C=N–C) groups is 1. The number of piperidine rings is 2. The number of hydrogen-bond donors (Lipinski definition) is 3. The van der Waals surface area contributed by atoms with Crippen LogP contribution in [-0.4, -0.2) is 113 Å². The number of nitrogens with two attached hydrogens (primary N) is 1. The zero-order valence-electron chi connectivity index (χ0n) is 37.1. The quantitative estimate of drug-likeness (QED) is 0.114. The highest BCUT2D eigenvalue weighted by Gasteiger charge is 2.32. The van der Waals surface area contributed by atoms with Crippen LogP contribution in [0.25, 0.3) is 22.3 Å². The van der Waals surface area contributed by atoms with E-state index < -0.39 is 31.3 Å². The Hall–Kier alpha value is -5.23. The number of aromatic nitrogens is 2. The van der Waals surface area contributed by atoms with Gasteiger partial charge in [0.25, 0.3) is 0 Å². The summed E-state index contributed by atoms with van der Waals surface area (Å²) >= 11 is 0. The molecule has 4 aliphatic rings. The van der Waals surface area contributed by atoms with Gasteiger partial charge in [0.15, 0.2) is 0 Å². The number of urea groups is 1. The molecule has 344 valence electrons. The maximum absolute atomic E-state index is 12.8. The van der Waals surface area contributed by atoms with E-state index in [1.807, 2.05) is 30.3 Å². The molecule has 4 N–H and O–H groups in total. The number of nitrogens with zero attached hydrogens (tertiary/aromatic N) is 5. The lowest BCUT2D eigenvalue weighted by Gasteiger charge is -2.30. The lowest BCUT2D eigenvalue weighted by Crippen LogP contribution is -2.46. The van der Waals surface area contributed by atoms with E-state index in [4.69, 9.17) is 14.6 Å². The monoisotopic (exact) mass is 916 g/mol. The highest BCUT2D eigenvalue weighted by Crippen LogP contribution is 2.40. The number of nitrogens with one attached hydrogen (secondary N) is 2. The Balaban J connectivity index is 0.000000180. The maximum Gasteiger partial charge on any atom is 0.332 e. The van der Waals surface area contributed by atoms with Crippen molar-refractivity contribution in [3.05, 3.63) is 83.2 Å². The summed E-state index contributed by atoms with van der Waals surface area (Å²) in [4.78, 5) is 40.3. The number of methoxy groups -OCH3 is 2. The molecular formula is C46H60N8O8S2. The minimum Gasteiger partial charge on any atom is -0.481 e. The first-order valence-corrected chi connectivity index (χ1v) is 25.1. The van der Waals surface area contributed by atoms with Gasteiger partial charge in [-0.25, -0.2) is 46.3 Å². The number of carbonyl (C=O) groups excluding carboxylic acids is 2. The lowest BCUT2D eigenvalue weighted by atomic mass is 9.98. The van der Waals surface area contributed by atoms with Gasteiger partial charge in [-0.2, -0.15) is 4.99 Å². The number of primary sulfonamides is 1. The van der Waals surface area contributed by atoms with E-state index in [9.17, 15) is 26.4 Å². The van der Waals surface area contributed by atoms with Crippen LogP contribution in [0, 0.1) is 0 Å². The number of anilines is 1. The number of ether oxygens (including phenoxy) is 2. The normalized spacial score (nSPS) is 16.8. The average molecular weight is 917 g/mol. The molecular weight excluding hydrogens is 857 g/mol. The van der Waals surface area contributed by atoms with Crippen LogP contribution in [0.2, 0.25) is 0 Å². The molecule has 2 aliphatic heterocycles. The fraction of sp³-hybridized carbons (Fsp3) is 0.478. The molecule has 0 radical (unpaired) electrons. The van der Waals surface area contributed by atoms with Gasteiger partial charge in [0.05, 0.1) is 36.1 Å². The van der Waals surface area contributed by atoms with Crippen molar-refractivity contribution < 1.29 is 35.9 Å². The molecule has 64 heavy (non-hydrogen) atoms. The van der Waals surface area contributed by atoms with Gasteiger partial charge in [-0.1, -0.05) is 38.1 Å². The first kappa shape index (κ1) is 48.2. The van der Waals surface area contributed by atoms with E-state index in [1.54, 1.807) is 38.8 Å². The SMILES string of the molecule is CCN1CCC(S(=O)(=O)NC(=O)Nc2c(-c3ccnc(OC)c3)ccc3c2CCC3)CC1.CCN1CCC(S(N)(=O)=O)CC1.COc1cc(-c2ccc3c(c2N=C=O)CCC3)ccn1. The predicted octanol–water partition coefficient (Wildman–Crippen LogP) is 6.15. The van der Waals surface area contributed by atoms with Crippen LogP contribution >= 0.6 is 0 Å². The summed E-state index contributed by atoms with van der Waals surface area (Å²) in [7, 11) is -3.90. The molecule has 2 aliphatic carbocycles. The van der Waals surface area contributed by atoms with Crippen LogP contribution in [0.3, 0.4) is 0 Å². The summed E-state index contributed by atoms with van der Waals surface area (Å²) in [5.41, 5.74) is 9.61. The summed E-state index contributed by atoms with van der Waals surface area (Å²) in [5, 5.41) is 7.05. The molecule has 0 unspecified atom stereocenters. The highest BCUT2D eigenvalue weighted by molar-refractivity contribution is 7.90. The van der Waals surface area contributed by atoms with E-state index in [2.05, 4.69) is 60.8 Å². The van der Waals surface area contributed by atoms with Crippen LogP contribution in [0.1, 0.15) is 74.6 Å². The second-order valence-corrected chi connectivity index (χ2v) is 20.1. The minimum absolute atomic E-state index is 0.305. The molecule has 18 heteroatoms. The highest BCUT2D eigenvalue weighted by atomic mass is 32.2. The second kappa shape index (κ2) is 22.1. The number of carbonyl (C=O) groups is 1. The fourth-order valence-corrected chi connectivity index (χ4v) is 11.1. The molecule has 2 aromatic heterocycles. The van der Waals surface area contributed by atoms with Gasteiger partial charge in [-0.3, -0.25) is 0 Å². The van der Waals surface area contributed by atoms with Crippen LogP contribution in [-0.2, 0) is 50.5 Å². The Kier molecular flexibility index (Phi) is 16.7. The number of isocyanates is 1. The zero-order chi connectivity index (χ0) is 45.9. The molecule has 2 fully saturated rings. The fourth-order valence-electron chi connectivity index (χ4n) is 8.92. The van der Waals surface area contributed by atoms with Crippen molar-refractivity contribution in [1.82, 2.24) is 24.5 Å². The summed E-state index contributed by atoms with van der Waals surface area (Å²) in [6, 6.07) is 14.8. The van der Waals surface area contributed by atoms with Gasteiger partial charge in [0.1, 0.15) is 0 Å². The molecule has 0 bridgehead atoms. The van der Waals surface area contributed by atoms with Crippen molar-refractivity contribution in [2.45, 2.75) is 88.6 Å². The Morgan fingerprint density at radius 3 is 1.77 bits per heavy atom. The summed E-state index contributed by atoms with van der Waals surface area (Å²) < 4.78 is 60.2. The molecule has 2 amide bonds. The van der Waals surface area contributed by atoms with E-state index in [0.29, 0.717) is 43.1 Å².